The van der Waals surface area contributed by atoms with Crippen molar-refractivity contribution in [1.29, 1.82) is 0 Å². The summed E-state index contributed by atoms with van der Waals surface area (Å²) in [7, 11) is 0. The zero-order valence-electron chi connectivity index (χ0n) is 17.4. The highest BCUT2D eigenvalue weighted by atomic mass is 16.2. The molecule has 6 nitrogen and oxygen atoms in total. The second kappa shape index (κ2) is 10.7. The largest absolute Gasteiger partial charge is 0.347 e. The van der Waals surface area contributed by atoms with Gasteiger partial charge in [-0.2, -0.15) is 0 Å². The van der Waals surface area contributed by atoms with E-state index >= 15 is 0 Å². The quantitative estimate of drug-likeness (QED) is 0.848. The highest BCUT2D eigenvalue weighted by Crippen LogP contribution is 2.25. The van der Waals surface area contributed by atoms with Crippen LogP contribution in [-0.2, 0) is 9.59 Å². The number of hydrogen-bond acceptors (Lipinski definition) is 3. The number of hydrogen-bond donors (Lipinski definition) is 2. The summed E-state index contributed by atoms with van der Waals surface area (Å²) in [6, 6.07) is 5.40. The van der Waals surface area contributed by atoms with Crippen molar-refractivity contribution in [2.24, 2.45) is 11.8 Å². The summed E-state index contributed by atoms with van der Waals surface area (Å²) in [6.07, 6.45) is 1.12. The number of benzene rings is 1. The van der Waals surface area contributed by atoms with Crippen LogP contribution in [0.25, 0.3) is 0 Å². The van der Waals surface area contributed by atoms with Crippen molar-refractivity contribution in [3.63, 3.8) is 0 Å². The molecule has 0 spiro atoms. The smallest absolute Gasteiger partial charge is 0.255 e. The Morgan fingerprint density at radius 1 is 1.11 bits per heavy atom. The third kappa shape index (κ3) is 7.04. The molecule has 0 radical (unpaired) electrons. The van der Waals surface area contributed by atoms with Gasteiger partial charge in [0.2, 0.25) is 11.8 Å². The first-order valence-electron chi connectivity index (χ1n) is 9.70. The van der Waals surface area contributed by atoms with Gasteiger partial charge in [-0.25, -0.2) is 0 Å². The maximum absolute atomic E-state index is 13.0. The number of likely N-dealkylation sites (tertiary alicyclic amines) is 1. The van der Waals surface area contributed by atoms with Crippen LogP contribution in [0.1, 0.15) is 57.0 Å². The fraction of sp³-hybridized carbons (Fsp3) is 0.571. The normalized spacial score (nSPS) is 18.8. The molecule has 1 fully saturated rings. The molecule has 1 aromatic rings. The van der Waals surface area contributed by atoms with Gasteiger partial charge in [0.15, 0.2) is 0 Å². The molecule has 2 rings (SSSR count). The summed E-state index contributed by atoms with van der Waals surface area (Å²) in [5.74, 6) is 0.252. The van der Waals surface area contributed by atoms with Crippen molar-refractivity contribution >= 4 is 23.4 Å². The number of rotatable bonds is 4. The van der Waals surface area contributed by atoms with Gasteiger partial charge in [0.1, 0.15) is 0 Å². The Labute approximate surface area is 162 Å². The van der Waals surface area contributed by atoms with Crippen LogP contribution in [-0.4, -0.2) is 42.3 Å². The Kier molecular flexibility index (Phi) is 8.98. The summed E-state index contributed by atoms with van der Waals surface area (Å²) < 4.78 is 0. The maximum atomic E-state index is 13.0. The molecule has 0 aromatic heterocycles. The lowest BCUT2D eigenvalue weighted by Gasteiger charge is -2.35. The fourth-order valence-electron chi connectivity index (χ4n) is 3.34. The molecule has 27 heavy (non-hydrogen) atoms. The molecule has 0 aliphatic carbocycles. The van der Waals surface area contributed by atoms with Gasteiger partial charge in [0.05, 0.1) is 17.8 Å². The van der Waals surface area contributed by atoms with Crippen LogP contribution in [0.2, 0.25) is 0 Å². The number of nitrogens with one attached hydrogen (secondary N) is 2. The van der Waals surface area contributed by atoms with Gasteiger partial charge in [0.25, 0.3) is 5.91 Å². The Morgan fingerprint density at radius 3 is 2.26 bits per heavy atom. The number of piperidine rings is 1. The van der Waals surface area contributed by atoms with E-state index in [1.54, 1.807) is 12.1 Å². The van der Waals surface area contributed by atoms with Crippen LogP contribution in [0.4, 0.5) is 5.69 Å². The molecule has 1 saturated heterocycles. The summed E-state index contributed by atoms with van der Waals surface area (Å²) in [4.78, 5) is 37.8. The fourth-order valence-corrected chi connectivity index (χ4v) is 3.34. The standard InChI is InChI=1S/C19H27N3O3.C2H6/c1-12-5-6-17(21-18(24)9-20-15(4)23)16(8-12)19(25)22-10-13(2)7-14(3)11-22;1-2/h5-6,8,13-14H,7,9-11H2,1-4H3,(H,20,23)(H,21,24);1-2H3/t13-,14+;. The van der Waals surface area contributed by atoms with Crippen molar-refractivity contribution in [2.45, 2.75) is 48.0 Å². The number of nitrogens with zero attached hydrogens (tertiary/aromatic N) is 1. The minimum absolute atomic E-state index is 0.0584. The Hall–Kier alpha value is -2.37. The zero-order valence-corrected chi connectivity index (χ0v) is 17.4. The average molecular weight is 376 g/mol. The highest BCUT2D eigenvalue weighted by molar-refractivity contribution is 6.04. The van der Waals surface area contributed by atoms with Crippen LogP contribution in [0.5, 0.6) is 0 Å². The van der Waals surface area contributed by atoms with Crippen molar-refractivity contribution in [3.05, 3.63) is 29.3 Å². The Bertz CT molecular complexity index is 663. The number of amides is 3. The van der Waals surface area contributed by atoms with Crippen molar-refractivity contribution in [2.75, 3.05) is 25.0 Å². The van der Waals surface area contributed by atoms with Gasteiger partial charge < -0.3 is 15.5 Å². The summed E-state index contributed by atoms with van der Waals surface area (Å²) in [5.41, 5.74) is 1.94. The molecule has 1 aliphatic heterocycles. The van der Waals surface area contributed by atoms with E-state index < -0.39 is 0 Å². The van der Waals surface area contributed by atoms with Gasteiger partial charge in [-0.1, -0.05) is 39.3 Å². The van der Waals surface area contributed by atoms with Crippen LogP contribution >= 0.6 is 0 Å². The lowest BCUT2D eigenvalue weighted by molar-refractivity contribution is -0.122. The van der Waals surface area contributed by atoms with E-state index in [0.717, 1.165) is 25.1 Å². The number of aryl methyl sites for hydroxylation is 1. The first kappa shape index (κ1) is 22.7. The Morgan fingerprint density at radius 2 is 1.70 bits per heavy atom. The Balaban J connectivity index is 0.00000176. The molecule has 2 N–H and O–H groups in total. The molecule has 1 aromatic carbocycles. The molecule has 150 valence electrons. The molecule has 1 heterocycles. The second-order valence-corrected chi connectivity index (χ2v) is 7.16. The van der Waals surface area contributed by atoms with E-state index in [4.69, 9.17) is 0 Å². The molecule has 2 atom stereocenters. The van der Waals surface area contributed by atoms with E-state index in [1.807, 2.05) is 31.7 Å². The minimum Gasteiger partial charge on any atom is -0.347 e. The lowest BCUT2D eigenvalue weighted by atomic mass is 9.91. The molecular formula is C21H33N3O3. The van der Waals surface area contributed by atoms with E-state index in [2.05, 4.69) is 24.5 Å². The lowest BCUT2D eigenvalue weighted by Crippen LogP contribution is -2.43. The first-order chi connectivity index (χ1) is 12.8. The third-order valence-electron chi connectivity index (χ3n) is 4.33. The molecule has 0 unspecified atom stereocenters. The van der Waals surface area contributed by atoms with Gasteiger partial charge in [0, 0.05) is 20.0 Å². The van der Waals surface area contributed by atoms with Crippen molar-refractivity contribution in [1.82, 2.24) is 10.2 Å². The van der Waals surface area contributed by atoms with E-state index in [-0.39, 0.29) is 24.3 Å². The predicted octanol–water partition coefficient (Wildman–Crippen LogP) is 3.21. The summed E-state index contributed by atoms with van der Waals surface area (Å²) in [5, 5.41) is 5.19. The minimum atomic E-state index is -0.353. The highest BCUT2D eigenvalue weighted by Gasteiger charge is 2.27. The zero-order chi connectivity index (χ0) is 20.6. The number of carbonyl (C=O) groups is 3. The van der Waals surface area contributed by atoms with E-state index in [0.29, 0.717) is 23.1 Å². The van der Waals surface area contributed by atoms with Gasteiger partial charge in [-0.05, 0) is 37.3 Å². The third-order valence-corrected chi connectivity index (χ3v) is 4.33. The van der Waals surface area contributed by atoms with Crippen molar-refractivity contribution in [3.8, 4) is 0 Å². The number of carbonyl (C=O) groups excluding carboxylic acids is 3. The first-order valence-corrected chi connectivity index (χ1v) is 9.70. The monoisotopic (exact) mass is 375 g/mol. The maximum Gasteiger partial charge on any atom is 0.255 e. The molecule has 6 heteroatoms. The summed E-state index contributed by atoms with van der Waals surface area (Å²) in [6.45, 7) is 12.9. The second-order valence-electron chi connectivity index (χ2n) is 7.16. The predicted molar refractivity (Wildman–Crippen MR) is 109 cm³/mol. The van der Waals surface area contributed by atoms with Crippen LogP contribution in [0.15, 0.2) is 18.2 Å². The summed E-state index contributed by atoms with van der Waals surface area (Å²) >= 11 is 0. The van der Waals surface area contributed by atoms with Gasteiger partial charge in [-0.3, -0.25) is 14.4 Å². The van der Waals surface area contributed by atoms with E-state index in [9.17, 15) is 14.4 Å². The molecular weight excluding hydrogens is 342 g/mol. The molecule has 0 saturated carbocycles. The number of anilines is 1. The SMILES string of the molecule is CC.CC(=O)NCC(=O)Nc1ccc(C)cc1C(=O)N1C[C@H](C)C[C@H](C)C1. The average Bonchev–Trinajstić information content (AvgIpc) is 2.61. The van der Waals surface area contributed by atoms with Crippen LogP contribution in [0.3, 0.4) is 0 Å². The van der Waals surface area contributed by atoms with Crippen molar-refractivity contribution < 1.29 is 14.4 Å². The molecule has 3 amide bonds. The molecule has 1 aliphatic rings. The van der Waals surface area contributed by atoms with Gasteiger partial charge in [-0.15, -0.1) is 0 Å². The molecule has 0 bridgehead atoms. The van der Waals surface area contributed by atoms with Gasteiger partial charge >= 0.3 is 0 Å². The topological polar surface area (TPSA) is 78.5 Å². The van der Waals surface area contributed by atoms with E-state index in [1.165, 1.54) is 6.92 Å². The van der Waals surface area contributed by atoms with Crippen LogP contribution < -0.4 is 10.6 Å². The van der Waals surface area contributed by atoms with Crippen LogP contribution in [0, 0.1) is 18.8 Å².